The Morgan fingerprint density at radius 3 is 2.25 bits per heavy atom. The molecular weight excluding hydrogens is 291 g/mol. The van der Waals surface area contributed by atoms with E-state index < -0.39 is 18.0 Å². The lowest BCUT2D eigenvalue weighted by Crippen LogP contribution is -2.20. The molecule has 1 aromatic rings. The fourth-order valence-electron chi connectivity index (χ4n) is 1.53. The van der Waals surface area contributed by atoms with Gasteiger partial charge in [0.25, 0.3) is 0 Å². The lowest BCUT2D eigenvalue weighted by Gasteiger charge is -2.17. The largest absolute Gasteiger partial charge is 0.416 e. The van der Waals surface area contributed by atoms with Crippen LogP contribution in [0.3, 0.4) is 0 Å². The van der Waals surface area contributed by atoms with Crippen molar-refractivity contribution in [2.45, 2.75) is 31.2 Å². The van der Waals surface area contributed by atoms with E-state index in [1.54, 1.807) is 0 Å². The van der Waals surface area contributed by atoms with E-state index in [-0.39, 0.29) is 5.69 Å². The SMILES string of the molecule is CCOC(CSc1ccc(C(F)(F)F)cc1N)OCC. The molecule has 0 aliphatic rings. The van der Waals surface area contributed by atoms with E-state index in [1.807, 2.05) is 13.8 Å². The summed E-state index contributed by atoms with van der Waals surface area (Å²) in [5, 5.41) is 0. The van der Waals surface area contributed by atoms with Crippen LogP contribution in [0.5, 0.6) is 0 Å². The zero-order chi connectivity index (χ0) is 15.2. The number of anilines is 1. The highest BCUT2D eigenvalue weighted by atomic mass is 32.2. The van der Waals surface area contributed by atoms with Gasteiger partial charge in [-0.05, 0) is 32.0 Å². The predicted molar refractivity (Wildman–Crippen MR) is 73.6 cm³/mol. The Balaban J connectivity index is 2.68. The van der Waals surface area contributed by atoms with Crippen molar-refractivity contribution in [3.8, 4) is 0 Å². The van der Waals surface area contributed by atoms with Crippen molar-refractivity contribution in [2.24, 2.45) is 0 Å². The first-order valence-corrected chi connectivity index (χ1v) is 7.19. The molecule has 0 atom stereocenters. The molecule has 7 heteroatoms. The van der Waals surface area contributed by atoms with E-state index in [2.05, 4.69) is 0 Å². The van der Waals surface area contributed by atoms with Crippen molar-refractivity contribution in [1.82, 2.24) is 0 Å². The molecule has 3 nitrogen and oxygen atoms in total. The quantitative estimate of drug-likeness (QED) is 0.473. The van der Waals surface area contributed by atoms with E-state index in [0.717, 1.165) is 12.1 Å². The molecule has 0 aromatic heterocycles. The third-order valence-corrected chi connectivity index (χ3v) is 3.54. The highest BCUT2D eigenvalue weighted by Crippen LogP contribution is 2.34. The Hall–Kier alpha value is -0.920. The molecule has 0 bridgehead atoms. The summed E-state index contributed by atoms with van der Waals surface area (Å²) < 4.78 is 48.3. The number of halogens is 3. The maximum absolute atomic E-state index is 12.5. The zero-order valence-electron chi connectivity index (χ0n) is 11.4. The second-order valence-corrected chi connectivity index (χ2v) is 4.96. The van der Waals surface area contributed by atoms with E-state index in [1.165, 1.54) is 17.8 Å². The molecule has 2 N–H and O–H groups in total. The number of alkyl halides is 3. The average Bonchev–Trinajstić information content (AvgIpc) is 2.36. The first-order chi connectivity index (χ1) is 9.38. The van der Waals surface area contributed by atoms with Gasteiger partial charge < -0.3 is 15.2 Å². The summed E-state index contributed by atoms with van der Waals surface area (Å²) in [6.45, 7) is 4.72. The minimum absolute atomic E-state index is 0.108. The summed E-state index contributed by atoms with van der Waals surface area (Å²) in [6, 6.07) is 3.34. The number of nitrogen functional groups attached to an aromatic ring is 1. The molecule has 1 aromatic carbocycles. The Bertz CT molecular complexity index is 421. The second kappa shape index (κ2) is 7.75. The molecule has 0 saturated heterocycles. The topological polar surface area (TPSA) is 44.5 Å². The predicted octanol–water partition coefficient (Wildman–Crippen LogP) is 3.78. The van der Waals surface area contributed by atoms with Gasteiger partial charge in [0.1, 0.15) is 0 Å². The number of ether oxygens (including phenoxy) is 2. The van der Waals surface area contributed by atoms with E-state index >= 15 is 0 Å². The molecule has 0 spiro atoms. The number of rotatable bonds is 7. The minimum atomic E-state index is -4.38. The van der Waals surface area contributed by atoms with Crippen LogP contribution >= 0.6 is 11.8 Å². The maximum atomic E-state index is 12.5. The molecule has 0 saturated carbocycles. The van der Waals surface area contributed by atoms with E-state index in [0.29, 0.717) is 23.9 Å². The van der Waals surface area contributed by atoms with Gasteiger partial charge in [0.2, 0.25) is 0 Å². The molecule has 0 aliphatic carbocycles. The molecule has 0 heterocycles. The van der Waals surface area contributed by atoms with Crippen LogP contribution in [0, 0.1) is 0 Å². The molecule has 1 rings (SSSR count). The van der Waals surface area contributed by atoms with Crippen LogP contribution in [0.15, 0.2) is 23.1 Å². The summed E-state index contributed by atoms with van der Waals surface area (Å²) in [5.41, 5.74) is 5.01. The number of thioether (sulfide) groups is 1. The lowest BCUT2D eigenvalue weighted by molar-refractivity contribution is -0.137. The lowest BCUT2D eigenvalue weighted by atomic mass is 10.2. The van der Waals surface area contributed by atoms with Crippen molar-refractivity contribution >= 4 is 17.4 Å². The Morgan fingerprint density at radius 2 is 1.80 bits per heavy atom. The molecular formula is C13H18F3NO2S. The smallest absolute Gasteiger partial charge is 0.398 e. The van der Waals surface area contributed by atoms with Crippen LogP contribution in [0.4, 0.5) is 18.9 Å². The molecule has 0 amide bonds. The highest BCUT2D eigenvalue weighted by Gasteiger charge is 2.30. The average molecular weight is 309 g/mol. The molecule has 0 radical (unpaired) electrons. The van der Waals surface area contributed by atoms with Gasteiger partial charge in [-0.3, -0.25) is 0 Å². The standard InChI is InChI=1S/C13H18F3NO2S/c1-3-18-12(19-4-2)8-20-11-6-5-9(7-10(11)17)13(14,15)16/h5-7,12H,3-4,8,17H2,1-2H3. The number of benzene rings is 1. The summed E-state index contributed by atoms with van der Waals surface area (Å²) >= 11 is 1.31. The third-order valence-electron chi connectivity index (χ3n) is 2.42. The summed E-state index contributed by atoms with van der Waals surface area (Å²) in [7, 11) is 0. The van der Waals surface area contributed by atoms with Gasteiger partial charge in [-0.2, -0.15) is 13.2 Å². The summed E-state index contributed by atoms with van der Waals surface area (Å²) in [5.74, 6) is 0.469. The minimum Gasteiger partial charge on any atom is -0.398 e. The normalized spacial score (nSPS) is 12.1. The number of hydrogen-bond acceptors (Lipinski definition) is 4. The Morgan fingerprint density at radius 1 is 1.20 bits per heavy atom. The van der Waals surface area contributed by atoms with Crippen LogP contribution in [-0.2, 0) is 15.7 Å². The van der Waals surface area contributed by atoms with Crippen LogP contribution in [-0.4, -0.2) is 25.3 Å². The maximum Gasteiger partial charge on any atom is 0.416 e. The highest BCUT2D eigenvalue weighted by molar-refractivity contribution is 7.99. The fraction of sp³-hybridized carbons (Fsp3) is 0.538. The van der Waals surface area contributed by atoms with E-state index in [4.69, 9.17) is 15.2 Å². The van der Waals surface area contributed by atoms with Crippen LogP contribution in [0.25, 0.3) is 0 Å². The van der Waals surface area contributed by atoms with Crippen molar-refractivity contribution in [3.63, 3.8) is 0 Å². The molecule has 0 unspecified atom stereocenters. The van der Waals surface area contributed by atoms with Crippen LogP contribution < -0.4 is 5.73 Å². The number of hydrogen-bond donors (Lipinski definition) is 1. The van der Waals surface area contributed by atoms with E-state index in [9.17, 15) is 13.2 Å². The molecule has 0 aliphatic heterocycles. The van der Waals surface area contributed by atoms with Crippen LogP contribution in [0.1, 0.15) is 19.4 Å². The molecule has 114 valence electrons. The molecule has 0 fully saturated rings. The van der Waals surface area contributed by atoms with Crippen LogP contribution in [0.2, 0.25) is 0 Å². The van der Waals surface area contributed by atoms with Crippen molar-refractivity contribution in [3.05, 3.63) is 23.8 Å². The van der Waals surface area contributed by atoms with Crippen molar-refractivity contribution in [2.75, 3.05) is 24.7 Å². The molecule has 20 heavy (non-hydrogen) atoms. The van der Waals surface area contributed by atoms with Crippen molar-refractivity contribution < 1.29 is 22.6 Å². The van der Waals surface area contributed by atoms with Gasteiger partial charge in [0.15, 0.2) is 6.29 Å². The zero-order valence-corrected chi connectivity index (χ0v) is 12.2. The summed E-state index contributed by atoms with van der Waals surface area (Å²) in [6.07, 6.45) is -4.77. The van der Waals surface area contributed by atoms with Gasteiger partial charge in [0.05, 0.1) is 5.56 Å². The third kappa shape index (κ3) is 5.22. The van der Waals surface area contributed by atoms with Gasteiger partial charge in [-0.25, -0.2) is 0 Å². The Kier molecular flexibility index (Phi) is 6.64. The van der Waals surface area contributed by atoms with Gasteiger partial charge in [-0.15, -0.1) is 11.8 Å². The number of nitrogens with two attached hydrogens (primary N) is 1. The van der Waals surface area contributed by atoms with Gasteiger partial charge >= 0.3 is 6.18 Å². The first kappa shape index (κ1) is 17.1. The fourth-order valence-corrected chi connectivity index (χ4v) is 2.43. The summed E-state index contributed by atoms with van der Waals surface area (Å²) in [4.78, 5) is 0.586. The van der Waals surface area contributed by atoms with Crippen molar-refractivity contribution in [1.29, 1.82) is 0 Å². The second-order valence-electron chi connectivity index (χ2n) is 3.90. The van der Waals surface area contributed by atoms with Gasteiger partial charge in [0, 0.05) is 29.5 Å². The van der Waals surface area contributed by atoms with Gasteiger partial charge in [-0.1, -0.05) is 0 Å². The first-order valence-electron chi connectivity index (χ1n) is 6.21. The monoisotopic (exact) mass is 309 g/mol. The Labute approximate surface area is 120 Å².